The summed E-state index contributed by atoms with van der Waals surface area (Å²) in [5.41, 5.74) is -0.745. The largest absolute Gasteiger partial charge is 0.416 e. The van der Waals surface area contributed by atoms with E-state index >= 15 is 0 Å². The van der Waals surface area contributed by atoms with E-state index in [1.165, 1.54) is 0 Å². The summed E-state index contributed by atoms with van der Waals surface area (Å²) in [4.78, 5) is 0. The van der Waals surface area contributed by atoms with Gasteiger partial charge in [0, 0.05) is 5.33 Å². The molecule has 0 aliphatic carbocycles. The van der Waals surface area contributed by atoms with E-state index in [1.807, 2.05) is 0 Å². The van der Waals surface area contributed by atoms with Crippen LogP contribution in [0, 0.1) is 5.82 Å². The first-order chi connectivity index (χ1) is 6.36. The lowest BCUT2D eigenvalue weighted by atomic mass is 10.1. The van der Waals surface area contributed by atoms with Crippen LogP contribution < -0.4 is 0 Å². The van der Waals surface area contributed by atoms with Gasteiger partial charge in [0.1, 0.15) is 5.82 Å². The van der Waals surface area contributed by atoms with E-state index in [-0.39, 0.29) is 15.4 Å². The Balaban J connectivity index is 3.30. The summed E-state index contributed by atoms with van der Waals surface area (Å²) in [5, 5.41) is 0.161. The van der Waals surface area contributed by atoms with Crippen molar-refractivity contribution in [2.45, 2.75) is 11.5 Å². The van der Waals surface area contributed by atoms with Crippen molar-refractivity contribution in [1.82, 2.24) is 0 Å². The van der Waals surface area contributed by atoms with E-state index in [0.29, 0.717) is 6.07 Å². The van der Waals surface area contributed by atoms with E-state index in [0.717, 1.165) is 6.07 Å². The summed E-state index contributed by atoms with van der Waals surface area (Å²) < 4.78 is 49.7. The van der Waals surface area contributed by atoms with Crippen LogP contribution in [0.1, 0.15) is 11.1 Å². The predicted octanol–water partition coefficient (Wildman–Crippen LogP) is 4.50. The Labute approximate surface area is 94.6 Å². The van der Waals surface area contributed by atoms with Gasteiger partial charge >= 0.3 is 6.18 Å². The van der Waals surface area contributed by atoms with Gasteiger partial charge < -0.3 is 0 Å². The zero-order valence-electron chi connectivity index (χ0n) is 6.63. The Morgan fingerprint density at radius 1 is 1.21 bits per heavy atom. The fourth-order valence-corrected chi connectivity index (χ4v) is 2.09. The van der Waals surface area contributed by atoms with Crippen LogP contribution in [-0.4, -0.2) is 0 Å². The van der Waals surface area contributed by atoms with Crippen LogP contribution >= 0.6 is 31.9 Å². The van der Waals surface area contributed by atoms with Gasteiger partial charge in [0.15, 0.2) is 0 Å². The molecule has 6 heteroatoms. The van der Waals surface area contributed by atoms with Crippen LogP contribution in [0.15, 0.2) is 16.6 Å². The van der Waals surface area contributed by atoms with Gasteiger partial charge in [-0.2, -0.15) is 13.2 Å². The predicted molar refractivity (Wildman–Crippen MR) is 51.7 cm³/mol. The molecule has 78 valence electrons. The first-order valence-electron chi connectivity index (χ1n) is 3.47. The monoisotopic (exact) mass is 334 g/mol. The molecule has 0 aliphatic rings. The Morgan fingerprint density at radius 3 is 2.21 bits per heavy atom. The maximum atomic E-state index is 13.0. The molecular formula is C8H4Br2F4. The number of hydrogen-bond donors (Lipinski definition) is 0. The zero-order valence-corrected chi connectivity index (χ0v) is 9.80. The zero-order chi connectivity index (χ0) is 10.9. The lowest BCUT2D eigenvalue weighted by molar-refractivity contribution is -0.137. The van der Waals surface area contributed by atoms with Crippen molar-refractivity contribution in [3.8, 4) is 0 Å². The first-order valence-corrected chi connectivity index (χ1v) is 5.38. The minimum atomic E-state index is -4.52. The summed E-state index contributed by atoms with van der Waals surface area (Å²) in [7, 11) is 0. The minimum Gasteiger partial charge on any atom is -0.206 e. The van der Waals surface area contributed by atoms with Crippen molar-refractivity contribution >= 4 is 31.9 Å². The molecule has 0 aliphatic heterocycles. The second-order valence-electron chi connectivity index (χ2n) is 2.56. The molecule has 0 bridgehead atoms. The van der Waals surface area contributed by atoms with E-state index in [4.69, 9.17) is 0 Å². The Morgan fingerprint density at radius 2 is 1.79 bits per heavy atom. The van der Waals surface area contributed by atoms with Crippen LogP contribution in [0.5, 0.6) is 0 Å². The molecule has 0 aromatic heterocycles. The third-order valence-electron chi connectivity index (χ3n) is 1.57. The fraction of sp³-hybridized carbons (Fsp3) is 0.250. The van der Waals surface area contributed by atoms with E-state index < -0.39 is 17.6 Å². The summed E-state index contributed by atoms with van der Waals surface area (Å²) in [6.07, 6.45) is -4.52. The quantitative estimate of drug-likeness (QED) is 0.523. The van der Waals surface area contributed by atoms with Crippen molar-refractivity contribution in [2.24, 2.45) is 0 Å². The molecule has 0 radical (unpaired) electrons. The van der Waals surface area contributed by atoms with Crippen molar-refractivity contribution in [3.63, 3.8) is 0 Å². The summed E-state index contributed by atoms with van der Waals surface area (Å²) in [5.74, 6) is -0.908. The van der Waals surface area contributed by atoms with E-state index in [2.05, 4.69) is 31.9 Å². The molecule has 0 heterocycles. The van der Waals surface area contributed by atoms with Crippen molar-refractivity contribution in [2.75, 3.05) is 0 Å². The third-order valence-corrected chi connectivity index (χ3v) is 3.07. The van der Waals surface area contributed by atoms with E-state index in [9.17, 15) is 17.6 Å². The van der Waals surface area contributed by atoms with E-state index in [1.54, 1.807) is 0 Å². The SMILES string of the molecule is Fc1cc(C(F)(F)F)cc(CBr)c1Br. The lowest BCUT2D eigenvalue weighted by Gasteiger charge is -2.09. The summed E-state index contributed by atoms with van der Waals surface area (Å²) in [6.45, 7) is 0. The second kappa shape index (κ2) is 4.18. The number of halogens is 6. The molecule has 0 atom stereocenters. The highest BCUT2D eigenvalue weighted by Gasteiger charge is 2.32. The smallest absolute Gasteiger partial charge is 0.206 e. The molecule has 0 nitrogen and oxygen atoms in total. The molecule has 0 spiro atoms. The maximum absolute atomic E-state index is 13.0. The highest BCUT2D eigenvalue weighted by molar-refractivity contribution is 9.10. The average molecular weight is 336 g/mol. The van der Waals surface area contributed by atoms with Gasteiger partial charge in [0.25, 0.3) is 0 Å². The highest BCUT2D eigenvalue weighted by atomic mass is 79.9. The molecule has 0 N–H and O–H groups in total. The maximum Gasteiger partial charge on any atom is 0.416 e. The molecule has 14 heavy (non-hydrogen) atoms. The standard InChI is InChI=1S/C8H4Br2F4/c9-3-4-1-5(8(12,13)14)2-6(11)7(4)10/h1-2H,3H2. The number of alkyl halides is 4. The molecule has 0 fully saturated rings. The van der Waals surface area contributed by atoms with Crippen LogP contribution in [0.2, 0.25) is 0 Å². The highest BCUT2D eigenvalue weighted by Crippen LogP contribution is 2.34. The topological polar surface area (TPSA) is 0 Å². The normalized spacial score (nSPS) is 11.9. The van der Waals surface area contributed by atoms with Gasteiger partial charge in [-0.1, -0.05) is 15.9 Å². The molecule has 0 saturated carbocycles. The van der Waals surface area contributed by atoms with Gasteiger partial charge in [0.05, 0.1) is 10.0 Å². The number of benzene rings is 1. The summed E-state index contributed by atoms with van der Waals surface area (Å²) in [6, 6.07) is 1.37. The molecule has 0 amide bonds. The molecule has 1 aromatic carbocycles. The Kier molecular flexibility index (Phi) is 3.58. The molecular weight excluding hydrogens is 332 g/mol. The van der Waals surface area contributed by atoms with Gasteiger partial charge in [-0.25, -0.2) is 4.39 Å². The van der Waals surface area contributed by atoms with Crippen LogP contribution in [0.3, 0.4) is 0 Å². The van der Waals surface area contributed by atoms with Crippen molar-refractivity contribution in [1.29, 1.82) is 0 Å². The molecule has 0 unspecified atom stereocenters. The summed E-state index contributed by atoms with van der Waals surface area (Å²) >= 11 is 5.85. The van der Waals surface area contributed by atoms with Crippen LogP contribution in [0.4, 0.5) is 17.6 Å². The van der Waals surface area contributed by atoms with Crippen molar-refractivity contribution < 1.29 is 17.6 Å². The molecule has 1 rings (SSSR count). The molecule has 0 saturated heterocycles. The lowest BCUT2D eigenvalue weighted by Crippen LogP contribution is -2.06. The fourth-order valence-electron chi connectivity index (χ4n) is 0.907. The third kappa shape index (κ3) is 2.48. The van der Waals surface area contributed by atoms with Gasteiger partial charge in [0.2, 0.25) is 0 Å². The van der Waals surface area contributed by atoms with Crippen molar-refractivity contribution in [3.05, 3.63) is 33.5 Å². The minimum absolute atomic E-state index is 0.0578. The second-order valence-corrected chi connectivity index (χ2v) is 3.92. The van der Waals surface area contributed by atoms with Gasteiger partial charge in [-0.05, 0) is 33.6 Å². The van der Waals surface area contributed by atoms with Crippen LogP contribution in [0.25, 0.3) is 0 Å². The van der Waals surface area contributed by atoms with Gasteiger partial charge in [-0.15, -0.1) is 0 Å². The number of hydrogen-bond acceptors (Lipinski definition) is 0. The Hall–Kier alpha value is -0.100. The average Bonchev–Trinajstić information content (AvgIpc) is 2.07. The molecule has 1 aromatic rings. The Bertz CT molecular complexity index is 346. The van der Waals surface area contributed by atoms with Crippen LogP contribution in [-0.2, 0) is 11.5 Å². The first kappa shape index (κ1) is 12.0. The number of rotatable bonds is 1. The van der Waals surface area contributed by atoms with Gasteiger partial charge in [-0.3, -0.25) is 0 Å².